The van der Waals surface area contributed by atoms with Crippen LogP contribution in [0.1, 0.15) is 40.4 Å². The molecule has 1 aliphatic carbocycles. The van der Waals surface area contributed by atoms with Crippen LogP contribution in [0.25, 0.3) is 6.08 Å². The molecule has 0 bridgehead atoms. The molecule has 0 spiro atoms. The van der Waals surface area contributed by atoms with Crippen molar-refractivity contribution in [3.05, 3.63) is 70.5 Å². The summed E-state index contributed by atoms with van der Waals surface area (Å²) in [7, 11) is 0. The van der Waals surface area contributed by atoms with Gasteiger partial charge in [-0.3, -0.25) is 14.5 Å². The lowest BCUT2D eigenvalue weighted by Gasteiger charge is -2.36. The van der Waals surface area contributed by atoms with Crippen LogP contribution in [-0.4, -0.2) is 49.3 Å². The third-order valence-electron chi connectivity index (χ3n) is 5.99. The lowest BCUT2D eigenvalue weighted by Crippen LogP contribution is -2.46. The summed E-state index contributed by atoms with van der Waals surface area (Å²) in [6, 6.07) is 13.6. The molecule has 0 saturated carbocycles. The van der Waals surface area contributed by atoms with Crippen molar-refractivity contribution in [3.63, 3.8) is 0 Å². The number of benzene rings is 2. The molecule has 1 aliphatic heterocycles. The van der Waals surface area contributed by atoms with Crippen LogP contribution in [0.2, 0.25) is 0 Å². The topological polar surface area (TPSA) is 49.9 Å². The van der Waals surface area contributed by atoms with Crippen molar-refractivity contribution in [2.45, 2.75) is 32.9 Å². The number of halogens is 2. The number of anilines is 1. The zero-order valence-electron chi connectivity index (χ0n) is 18.0. The van der Waals surface area contributed by atoms with E-state index in [9.17, 15) is 18.4 Å². The molecule has 2 aliphatic rings. The maximum atomic E-state index is 12.5. The molecule has 168 valence electrons. The Kier molecular flexibility index (Phi) is 6.65. The number of ether oxygens (including phenoxy) is 1. The molecule has 4 rings (SSSR count). The summed E-state index contributed by atoms with van der Waals surface area (Å²) >= 11 is 0. The van der Waals surface area contributed by atoms with Gasteiger partial charge in [-0.1, -0.05) is 25.1 Å². The van der Waals surface area contributed by atoms with Crippen molar-refractivity contribution in [2.75, 3.05) is 31.1 Å². The molecule has 0 aromatic heterocycles. The van der Waals surface area contributed by atoms with Crippen LogP contribution >= 0.6 is 0 Å². The van der Waals surface area contributed by atoms with Crippen LogP contribution < -0.4 is 4.90 Å². The monoisotopic (exact) mass is 440 g/mol. The van der Waals surface area contributed by atoms with E-state index in [2.05, 4.69) is 14.5 Å². The SMILES string of the molecule is CCC(=O)c1ccc(N2CCN(Cc3ccc4c(c3)CC(=O)C(OC(F)F)=C4)CC2)cc1. The Bertz CT molecular complexity index is 1030. The lowest BCUT2D eigenvalue weighted by atomic mass is 9.93. The molecule has 0 N–H and O–H groups in total. The van der Waals surface area contributed by atoms with Crippen molar-refractivity contribution in [2.24, 2.45) is 0 Å². The van der Waals surface area contributed by atoms with Gasteiger partial charge in [0, 0.05) is 56.8 Å². The Morgan fingerprint density at radius 2 is 1.78 bits per heavy atom. The highest BCUT2D eigenvalue weighted by Crippen LogP contribution is 2.26. The molecule has 1 heterocycles. The Morgan fingerprint density at radius 1 is 1.06 bits per heavy atom. The van der Waals surface area contributed by atoms with Crippen molar-refractivity contribution >= 4 is 23.3 Å². The quantitative estimate of drug-likeness (QED) is 0.601. The third-order valence-corrected chi connectivity index (χ3v) is 5.99. The molecular formula is C25H26F2N2O3. The molecule has 7 heteroatoms. The number of alkyl halides is 2. The number of Topliss-reactive ketones (excluding diaryl/α,β-unsaturated/α-hetero) is 2. The van der Waals surface area contributed by atoms with Gasteiger partial charge in [0.15, 0.2) is 11.5 Å². The highest BCUT2D eigenvalue weighted by molar-refractivity contribution is 6.02. The standard InChI is InChI=1S/C25H26F2N2O3/c1-2-22(30)18-5-7-21(8-6-18)29-11-9-28(10-12-29)16-17-3-4-19-15-24(32-25(26)27)23(31)14-20(19)13-17/h3-8,13,15,25H,2,9-12,14,16H2,1H3. The van der Waals surface area contributed by atoms with E-state index >= 15 is 0 Å². The molecule has 0 unspecified atom stereocenters. The number of fused-ring (bicyclic) bond motifs is 1. The summed E-state index contributed by atoms with van der Waals surface area (Å²) in [4.78, 5) is 28.6. The van der Waals surface area contributed by atoms with E-state index in [1.165, 1.54) is 6.08 Å². The fraction of sp³-hybridized carbons (Fsp3) is 0.360. The van der Waals surface area contributed by atoms with E-state index in [0.29, 0.717) is 6.42 Å². The zero-order valence-corrected chi connectivity index (χ0v) is 18.0. The molecule has 32 heavy (non-hydrogen) atoms. The number of nitrogens with zero attached hydrogens (tertiary/aromatic N) is 2. The number of carbonyl (C=O) groups excluding carboxylic acids is 2. The molecule has 2 aromatic carbocycles. The third kappa shape index (κ3) is 5.05. The van der Waals surface area contributed by atoms with Gasteiger partial charge in [-0.15, -0.1) is 0 Å². The Morgan fingerprint density at radius 3 is 2.44 bits per heavy atom. The first kappa shape index (κ1) is 22.1. The smallest absolute Gasteiger partial charge is 0.387 e. The number of allylic oxidation sites excluding steroid dienone is 1. The first-order valence-electron chi connectivity index (χ1n) is 10.8. The van der Waals surface area contributed by atoms with Crippen LogP contribution in [0.15, 0.2) is 48.2 Å². The van der Waals surface area contributed by atoms with E-state index in [1.807, 2.05) is 49.4 Å². The fourth-order valence-corrected chi connectivity index (χ4v) is 4.21. The second-order valence-corrected chi connectivity index (χ2v) is 8.11. The average molecular weight is 440 g/mol. The van der Waals surface area contributed by atoms with Gasteiger partial charge in [0.25, 0.3) is 0 Å². The highest BCUT2D eigenvalue weighted by atomic mass is 19.3. The number of hydrogen-bond donors (Lipinski definition) is 0. The molecule has 1 saturated heterocycles. The minimum atomic E-state index is -3.00. The minimum Gasteiger partial charge on any atom is -0.431 e. The van der Waals surface area contributed by atoms with Crippen LogP contribution in [0, 0.1) is 0 Å². The number of piperazine rings is 1. The molecule has 0 amide bonds. The fourth-order valence-electron chi connectivity index (χ4n) is 4.21. The minimum absolute atomic E-state index is 0.0754. The first-order valence-corrected chi connectivity index (χ1v) is 10.8. The second-order valence-electron chi connectivity index (χ2n) is 8.11. The number of carbonyl (C=O) groups is 2. The molecule has 1 fully saturated rings. The average Bonchev–Trinajstić information content (AvgIpc) is 2.79. The Balaban J connectivity index is 1.35. The van der Waals surface area contributed by atoms with Crippen molar-refractivity contribution < 1.29 is 23.1 Å². The molecule has 2 aromatic rings. The van der Waals surface area contributed by atoms with E-state index in [1.54, 1.807) is 0 Å². The molecule has 0 radical (unpaired) electrons. The summed E-state index contributed by atoms with van der Waals surface area (Å²) in [6.45, 7) is 3.22. The molecular weight excluding hydrogens is 414 g/mol. The first-order chi connectivity index (χ1) is 15.4. The van der Waals surface area contributed by atoms with Crippen LogP contribution in [-0.2, 0) is 22.5 Å². The van der Waals surface area contributed by atoms with E-state index < -0.39 is 12.4 Å². The summed E-state index contributed by atoms with van der Waals surface area (Å²) in [6.07, 6.45) is 1.98. The number of hydrogen-bond acceptors (Lipinski definition) is 5. The second kappa shape index (κ2) is 9.61. The van der Waals surface area contributed by atoms with E-state index in [4.69, 9.17) is 0 Å². The predicted octanol–water partition coefficient (Wildman–Crippen LogP) is 4.31. The maximum absolute atomic E-state index is 12.5. The number of rotatable bonds is 7. The zero-order chi connectivity index (χ0) is 22.7. The van der Waals surface area contributed by atoms with Crippen LogP contribution in [0.4, 0.5) is 14.5 Å². The van der Waals surface area contributed by atoms with Gasteiger partial charge in [-0.2, -0.15) is 8.78 Å². The summed E-state index contributed by atoms with van der Waals surface area (Å²) < 4.78 is 29.2. The van der Waals surface area contributed by atoms with Gasteiger partial charge in [0.2, 0.25) is 5.78 Å². The lowest BCUT2D eigenvalue weighted by molar-refractivity contribution is -0.132. The van der Waals surface area contributed by atoms with Crippen molar-refractivity contribution in [1.82, 2.24) is 4.90 Å². The van der Waals surface area contributed by atoms with Crippen molar-refractivity contribution in [1.29, 1.82) is 0 Å². The van der Waals surface area contributed by atoms with Gasteiger partial charge in [0.1, 0.15) is 0 Å². The Labute approximate surface area is 186 Å². The molecule has 0 atom stereocenters. The van der Waals surface area contributed by atoms with Gasteiger partial charge in [-0.25, -0.2) is 0 Å². The summed E-state index contributed by atoms with van der Waals surface area (Å²) in [5.74, 6) is -0.542. The Hall–Kier alpha value is -3.06. The summed E-state index contributed by atoms with van der Waals surface area (Å²) in [5.41, 5.74) is 4.56. The highest BCUT2D eigenvalue weighted by Gasteiger charge is 2.23. The summed E-state index contributed by atoms with van der Waals surface area (Å²) in [5, 5.41) is 0. The predicted molar refractivity (Wildman–Crippen MR) is 119 cm³/mol. The number of ketones is 2. The van der Waals surface area contributed by atoms with Crippen LogP contribution in [0.3, 0.4) is 0 Å². The van der Waals surface area contributed by atoms with Gasteiger partial charge >= 0.3 is 6.61 Å². The molecule has 5 nitrogen and oxygen atoms in total. The van der Waals surface area contributed by atoms with E-state index in [-0.39, 0.29) is 18.0 Å². The van der Waals surface area contributed by atoms with E-state index in [0.717, 1.165) is 60.7 Å². The van der Waals surface area contributed by atoms with Gasteiger partial charge < -0.3 is 9.64 Å². The van der Waals surface area contributed by atoms with Gasteiger partial charge in [0.05, 0.1) is 0 Å². The van der Waals surface area contributed by atoms with Crippen LogP contribution in [0.5, 0.6) is 0 Å². The largest absolute Gasteiger partial charge is 0.431 e. The van der Waals surface area contributed by atoms with Crippen molar-refractivity contribution in [3.8, 4) is 0 Å². The van der Waals surface area contributed by atoms with Gasteiger partial charge in [-0.05, 0) is 47.0 Å². The normalized spacial score (nSPS) is 16.7. The maximum Gasteiger partial charge on any atom is 0.387 e.